The minimum absolute atomic E-state index is 0.0554. The lowest BCUT2D eigenvalue weighted by atomic mass is 9.93. The summed E-state index contributed by atoms with van der Waals surface area (Å²) in [5.74, 6) is 0.258. The molecule has 3 rings (SSSR count). The summed E-state index contributed by atoms with van der Waals surface area (Å²) in [5, 5.41) is 0.0554. The Morgan fingerprint density at radius 2 is 2.05 bits per heavy atom. The normalized spacial score (nSPS) is 17.0. The van der Waals surface area contributed by atoms with Crippen LogP contribution in [0.5, 0.6) is 0 Å². The minimum atomic E-state index is -0.474. The number of carbonyl (C=O) groups is 1. The van der Waals surface area contributed by atoms with E-state index >= 15 is 0 Å². The van der Waals surface area contributed by atoms with Crippen LogP contribution in [0.4, 0.5) is 4.39 Å². The molecule has 0 saturated heterocycles. The van der Waals surface area contributed by atoms with Gasteiger partial charge in [-0.3, -0.25) is 4.79 Å². The maximum absolute atomic E-state index is 13.4. The van der Waals surface area contributed by atoms with Crippen LogP contribution >= 0.6 is 23.4 Å². The zero-order valence-electron chi connectivity index (χ0n) is 10.6. The van der Waals surface area contributed by atoms with Crippen LogP contribution in [0.3, 0.4) is 0 Å². The predicted molar refractivity (Wildman–Crippen MR) is 80.0 cm³/mol. The van der Waals surface area contributed by atoms with E-state index in [1.54, 1.807) is 23.9 Å². The van der Waals surface area contributed by atoms with Crippen molar-refractivity contribution in [3.05, 3.63) is 64.4 Å². The molecule has 0 spiro atoms. The van der Waals surface area contributed by atoms with Gasteiger partial charge >= 0.3 is 0 Å². The van der Waals surface area contributed by atoms with E-state index in [0.717, 1.165) is 16.2 Å². The maximum atomic E-state index is 13.4. The van der Waals surface area contributed by atoms with E-state index in [-0.39, 0.29) is 23.1 Å². The van der Waals surface area contributed by atoms with Crippen LogP contribution in [0.25, 0.3) is 0 Å². The van der Waals surface area contributed by atoms with E-state index in [2.05, 4.69) is 0 Å². The van der Waals surface area contributed by atoms with Crippen molar-refractivity contribution in [3.8, 4) is 0 Å². The smallest absolute Gasteiger partial charge is 0.145 e. The number of thioether (sulfide) groups is 1. The van der Waals surface area contributed by atoms with Crippen LogP contribution in [-0.2, 0) is 11.2 Å². The Morgan fingerprint density at radius 3 is 2.90 bits per heavy atom. The fraction of sp³-hybridized carbons (Fsp3) is 0.188. The van der Waals surface area contributed by atoms with Gasteiger partial charge in [-0.15, -0.1) is 11.8 Å². The van der Waals surface area contributed by atoms with Crippen molar-refractivity contribution < 1.29 is 9.18 Å². The Balaban J connectivity index is 1.83. The van der Waals surface area contributed by atoms with Gasteiger partial charge in [-0.05, 0) is 23.3 Å². The molecule has 102 valence electrons. The highest BCUT2D eigenvalue weighted by Crippen LogP contribution is 2.40. The number of ketones is 1. The molecule has 0 bridgehead atoms. The second kappa shape index (κ2) is 5.58. The molecule has 0 radical (unpaired) electrons. The SMILES string of the molecule is O=C(Cc1cccc(F)c1Cl)C1CSc2ccccc21. The molecule has 0 amide bonds. The molecule has 2 aromatic rings. The van der Waals surface area contributed by atoms with Gasteiger partial charge < -0.3 is 0 Å². The molecular formula is C16H12ClFOS. The largest absolute Gasteiger partial charge is 0.299 e. The van der Waals surface area contributed by atoms with Crippen LogP contribution in [-0.4, -0.2) is 11.5 Å². The van der Waals surface area contributed by atoms with Crippen LogP contribution in [0, 0.1) is 5.82 Å². The highest BCUT2D eigenvalue weighted by atomic mass is 35.5. The van der Waals surface area contributed by atoms with E-state index in [0.29, 0.717) is 5.56 Å². The van der Waals surface area contributed by atoms with Gasteiger partial charge in [-0.2, -0.15) is 0 Å². The number of benzene rings is 2. The lowest BCUT2D eigenvalue weighted by Gasteiger charge is -2.10. The molecule has 20 heavy (non-hydrogen) atoms. The number of fused-ring (bicyclic) bond motifs is 1. The Kier molecular flexibility index (Phi) is 3.81. The van der Waals surface area contributed by atoms with Gasteiger partial charge in [0.25, 0.3) is 0 Å². The second-order valence-corrected chi connectivity index (χ2v) is 6.20. The summed E-state index contributed by atoms with van der Waals surface area (Å²) in [6.45, 7) is 0. The number of hydrogen-bond acceptors (Lipinski definition) is 2. The molecule has 1 atom stereocenters. The standard InChI is InChI=1S/C16H12ClFOS/c17-16-10(4-3-6-13(16)18)8-14(19)12-9-20-15-7-2-1-5-11(12)15/h1-7,12H,8-9H2. The molecular weight excluding hydrogens is 295 g/mol. The highest BCUT2D eigenvalue weighted by molar-refractivity contribution is 7.99. The molecule has 1 heterocycles. The van der Waals surface area contributed by atoms with Gasteiger partial charge in [0.1, 0.15) is 11.6 Å². The van der Waals surface area contributed by atoms with Crippen molar-refractivity contribution >= 4 is 29.1 Å². The first-order valence-corrected chi connectivity index (χ1v) is 7.70. The monoisotopic (exact) mass is 306 g/mol. The third-order valence-corrected chi connectivity index (χ3v) is 5.09. The van der Waals surface area contributed by atoms with Crippen molar-refractivity contribution in [1.82, 2.24) is 0 Å². The van der Waals surface area contributed by atoms with Crippen LogP contribution in [0.1, 0.15) is 17.0 Å². The Morgan fingerprint density at radius 1 is 1.25 bits per heavy atom. The molecule has 0 fully saturated rings. The van der Waals surface area contributed by atoms with E-state index in [1.165, 1.54) is 6.07 Å². The van der Waals surface area contributed by atoms with E-state index in [1.807, 2.05) is 24.3 Å². The zero-order valence-corrected chi connectivity index (χ0v) is 12.2. The average Bonchev–Trinajstić information content (AvgIpc) is 2.88. The summed E-state index contributed by atoms with van der Waals surface area (Å²) >= 11 is 7.61. The van der Waals surface area contributed by atoms with Crippen LogP contribution in [0.2, 0.25) is 5.02 Å². The van der Waals surface area contributed by atoms with Gasteiger partial charge in [0.05, 0.1) is 10.9 Å². The van der Waals surface area contributed by atoms with Gasteiger partial charge in [-0.1, -0.05) is 41.9 Å². The molecule has 1 aliphatic rings. The summed E-state index contributed by atoms with van der Waals surface area (Å²) in [6.07, 6.45) is 0.177. The minimum Gasteiger partial charge on any atom is -0.299 e. The summed E-state index contributed by atoms with van der Waals surface area (Å²) < 4.78 is 13.4. The fourth-order valence-electron chi connectivity index (χ4n) is 2.43. The number of rotatable bonds is 3. The summed E-state index contributed by atoms with van der Waals surface area (Å²) in [5.41, 5.74) is 1.64. The van der Waals surface area contributed by atoms with Crippen molar-refractivity contribution in [2.45, 2.75) is 17.2 Å². The number of Topliss-reactive ketones (excluding diaryl/α,β-unsaturated/α-hetero) is 1. The summed E-state index contributed by atoms with van der Waals surface area (Å²) in [7, 11) is 0. The molecule has 2 aromatic carbocycles. The van der Waals surface area contributed by atoms with Crippen molar-refractivity contribution in [2.75, 3.05) is 5.75 Å². The third-order valence-electron chi connectivity index (χ3n) is 3.48. The Bertz CT molecular complexity index is 671. The third kappa shape index (κ3) is 2.48. The Hall–Kier alpha value is -1.32. The van der Waals surface area contributed by atoms with Gasteiger partial charge in [-0.25, -0.2) is 4.39 Å². The molecule has 0 N–H and O–H groups in total. The molecule has 1 nitrogen and oxygen atoms in total. The molecule has 0 aliphatic carbocycles. The first kappa shape index (κ1) is 13.7. The van der Waals surface area contributed by atoms with Crippen molar-refractivity contribution in [1.29, 1.82) is 0 Å². The molecule has 1 aliphatic heterocycles. The molecule has 0 aromatic heterocycles. The lowest BCUT2D eigenvalue weighted by Crippen LogP contribution is -2.15. The quantitative estimate of drug-likeness (QED) is 0.831. The van der Waals surface area contributed by atoms with Crippen molar-refractivity contribution in [2.24, 2.45) is 0 Å². The fourth-order valence-corrected chi connectivity index (χ4v) is 3.88. The number of halogens is 2. The van der Waals surface area contributed by atoms with E-state index < -0.39 is 5.82 Å². The number of hydrogen-bond donors (Lipinski definition) is 0. The predicted octanol–water partition coefficient (Wildman–Crippen LogP) is 4.48. The zero-order chi connectivity index (χ0) is 14.1. The van der Waals surface area contributed by atoms with E-state index in [4.69, 9.17) is 11.6 Å². The Labute approximate surface area is 126 Å². The maximum Gasteiger partial charge on any atom is 0.145 e. The van der Waals surface area contributed by atoms with Gasteiger partial charge in [0, 0.05) is 17.1 Å². The van der Waals surface area contributed by atoms with Gasteiger partial charge in [0.2, 0.25) is 0 Å². The highest BCUT2D eigenvalue weighted by Gasteiger charge is 2.29. The summed E-state index contributed by atoms with van der Waals surface area (Å²) in [6, 6.07) is 12.5. The van der Waals surface area contributed by atoms with Crippen molar-refractivity contribution in [3.63, 3.8) is 0 Å². The topological polar surface area (TPSA) is 17.1 Å². The molecule has 1 unspecified atom stereocenters. The lowest BCUT2D eigenvalue weighted by molar-refractivity contribution is -0.119. The van der Waals surface area contributed by atoms with Crippen LogP contribution in [0.15, 0.2) is 47.4 Å². The number of carbonyl (C=O) groups excluding carboxylic acids is 1. The molecule has 0 saturated carbocycles. The average molecular weight is 307 g/mol. The first-order chi connectivity index (χ1) is 9.66. The van der Waals surface area contributed by atoms with Gasteiger partial charge in [0.15, 0.2) is 0 Å². The summed E-state index contributed by atoms with van der Waals surface area (Å²) in [4.78, 5) is 13.6. The second-order valence-electron chi connectivity index (χ2n) is 4.76. The molecule has 4 heteroatoms. The van der Waals surface area contributed by atoms with Crippen LogP contribution < -0.4 is 0 Å². The van der Waals surface area contributed by atoms with E-state index in [9.17, 15) is 9.18 Å². The first-order valence-electron chi connectivity index (χ1n) is 6.34.